The van der Waals surface area contributed by atoms with Crippen LogP contribution in [0.2, 0.25) is 0 Å². The van der Waals surface area contributed by atoms with E-state index in [9.17, 15) is 13.6 Å². The minimum Gasteiger partial charge on any atom is -0.481 e. The van der Waals surface area contributed by atoms with E-state index >= 15 is 0 Å². The van der Waals surface area contributed by atoms with Crippen molar-refractivity contribution in [3.63, 3.8) is 0 Å². The molecule has 1 rings (SSSR count). The highest BCUT2D eigenvalue weighted by Crippen LogP contribution is 2.17. The number of nitrogens with zero attached hydrogens (tertiary/aromatic N) is 2. The number of halogens is 2. The van der Waals surface area contributed by atoms with Gasteiger partial charge in [-0.25, -0.2) is 8.78 Å². The van der Waals surface area contributed by atoms with Crippen LogP contribution in [0, 0.1) is 0 Å². The first-order chi connectivity index (χ1) is 6.87. The first-order valence-electron chi connectivity index (χ1n) is 4.48. The maximum absolute atomic E-state index is 12.5. The molecule has 0 unspecified atom stereocenters. The third-order valence-electron chi connectivity index (χ3n) is 1.82. The molecule has 6 heteroatoms. The molecule has 1 N–H and O–H groups in total. The Labute approximate surface area is 85.5 Å². The van der Waals surface area contributed by atoms with E-state index in [1.54, 1.807) is 0 Å². The van der Waals surface area contributed by atoms with Crippen molar-refractivity contribution in [2.45, 2.75) is 32.2 Å². The Morgan fingerprint density at radius 1 is 1.67 bits per heavy atom. The fourth-order valence-electron chi connectivity index (χ4n) is 1.11. The molecular formula is C9H12F2N2O2. The lowest BCUT2D eigenvalue weighted by Gasteiger charge is -2.08. The van der Waals surface area contributed by atoms with Gasteiger partial charge in [0.2, 0.25) is 5.92 Å². The summed E-state index contributed by atoms with van der Waals surface area (Å²) in [5.41, 5.74) is 0.516. The fourth-order valence-corrected chi connectivity index (χ4v) is 1.11. The van der Waals surface area contributed by atoms with E-state index in [2.05, 4.69) is 5.10 Å². The first kappa shape index (κ1) is 11.6. The average Bonchev–Trinajstić information content (AvgIpc) is 2.46. The maximum atomic E-state index is 12.5. The molecule has 0 saturated heterocycles. The van der Waals surface area contributed by atoms with E-state index in [0.717, 1.165) is 6.92 Å². The van der Waals surface area contributed by atoms with Crippen molar-refractivity contribution in [2.24, 2.45) is 0 Å². The van der Waals surface area contributed by atoms with Gasteiger partial charge in [0.15, 0.2) is 0 Å². The zero-order valence-electron chi connectivity index (χ0n) is 8.28. The van der Waals surface area contributed by atoms with Crippen LogP contribution in [0.3, 0.4) is 0 Å². The average molecular weight is 218 g/mol. The summed E-state index contributed by atoms with van der Waals surface area (Å²) in [6, 6.07) is 0. The number of alkyl halides is 2. The molecule has 0 fully saturated rings. The molecule has 1 heterocycles. The Kier molecular flexibility index (Phi) is 3.39. The third-order valence-corrected chi connectivity index (χ3v) is 1.82. The standard InChI is InChI=1S/C9H12F2N2O2/c1-9(10,11)2-3-13-6-7(5-12-13)4-8(14)15/h5-6H,2-4H2,1H3,(H,14,15). The first-order valence-corrected chi connectivity index (χ1v) is 4.48. The van der Waals surface area contributed by atoms with Crippen molar-refractivity contribution in [1.29, 1.82) is 0 Å². The van der Waals surface area contributed by atoms with E-state index in [-0.39, 0.29) is 19.4 Å². The zero-order chi connectivity index (χ0) is 11.5. The lowest BCUT2D eigenvalue weighted by molar-refractivity contribution is -0.136. The van der Waals surface area contributed by atoms with Crippen LogP contribution in [-0.2, 0) is 17.8 Å². The van der Waals surface area contributed by atoms with Gasteiger partial charge in [-0.1, -0.05) is 0 Å². The smallest absolute Gasteiger partial charge is 0.307 e. The largest absolute Gasteiger partial charge is 0.481 e. The maximum Gasteiger partial charge on any atom is 0.307 e. The summed E-state index contributed by atoms with van der Waals surface area (Å²) in [7, 11) is 0. The highest BCUT2D eigenvalue weighted by atomic mass is 19.3. The molecule has 15 heavy (non-hydrogen) atoms. The van der Waals surface area contributed by atoms with Crippen molar-refractivity contribution in [3.05, 3.63) is 18.0 Å². The quantitative estimate of drug-likeness (QED) is 0.815. The van der Waals surface area contributed by atoms with E-state index in [1.165, 1.54) is 17.1 Å². The van der Waals surface area contributed by atoms with Gasteiger partial charge in [0.05, 0.1) is 12.6 Å². The third kappa shape index (κ3) is 4.53. The Morgan fingerprint density at radius 3 is 2.87 bits per heavy atom. The van der Waals surface area contributed by atoms with Gasteiger partial charge in [0, 0.05) is 24.7 Å². The van der Waals surface area contributed by atoms with Crippen molar-refractivity contribution < 1.29 is 18.7 Å². The number of aliphatic carboxylic acids is 1. The molecule has 0 atom stereocenters. The minimum atomic E-state index is -2.72. The molecule has 4 nitrogen and oxygen atoms in total. The molecule has 1 aromatic rings. The predicted molar refractivity (Wildman–Crippen MR) is 48.8 cm³/mol. The van der Waals surface area contributed by atoms with Crippen LogP contribution in [0.1, 0.15) is 18.9 Å². The molecule has 0 bridgehead atoms. The van der Waals surface area contributed by atoms with Crippen LogP contribution in [0.5, 0.6) is 0 Å². The molecule has 0 aliphatic rings. The normalized spacial score (nSPS) is 11.7. The zero-order valence-corrected chi connectivity index (χ0v) is 8.28. The van der Waals surface area contributed by atoms with Crippen LogP contribution in [0.4, 0.5) is 8.78 Å². The predicted octanol–water partition coefficient (Wildman–Crippen LogP) is 1.56. The van der Waals surface area contributed by atoms with Gasteiger partial charge in [-0.15, -0.1) is 0 Å². The second-order valence-corrected chi connectivity index (χ2v) is 3.50. The van der Waals surface area contributed by atoms with Gasteiger partial charge in [-0.3, -0.25) is 9.48 Å². The van der Waals surface area contributed by atoms with Gasteiger partial charge in [-0.2, -0.15) is 5.10 Å². The SMILES string of the molecule is CC(F)(F)CCn1cc(CC(=O)O)cn1. The number of carboxylic acids is 1. The van der Waals surface area contributed by atoms with Crippen molar-refractivity contribution in [2.75, 3.05) is 0 Å². The summed E-state index contributed by atoms with van der Waals surface area (Å²) in [4.78, 5) is 10.3. The Bertz CT molecular complexity index is 344. The summed E-state index contributed by atoms with van der Waals surface area (Å²) < 4.78 is 26.3. The van der Waals surface area contributed by atoms with E-state index < -0.39 is 11.9 Å². The van der Waals surface area contributed by atoms with Crippen molar-refractivity contribution in [3.8, 4) is 0 Å². The lowest BCUT2D eigenvalue weighted by atomic mass is 10.2. The van der Waals surface area contributed by atoms with E-state index in [0.29, 0.717) is 5.56 Å². The van der Waals surface area contributed by atoms with Gasteiger partial charge in [0.25, 0.3) is 0 Å². The molecule has 0 aliphatic carbocycles. The van der Waals surface area contributed by atoms with Crippen LogP contribution < -0.4 is 0 Å². The van der Waals surface area contributed by atoms with Gasteiger partial charge < -0.3 is 5.11 Å². The summed E-state index contributed by atoms with van der Waals surface area (Å²) in [6.07, 6.45) is 2.41. The summed E-state index contributed by atoms with van der Waals surface area (Å²) in [6.45, 7) is 0.928. The number of hydrogen-bond donors (Lipinski definition) is 1. The van der Waals surface area contributed by atoms with Gasteiger partial charge in [0.1, 0.15) is 0 Å². The van der Waals surface area contributed by atoms with Crippen LogP contribution in [0.15, 0.2) is 12.4 Å². The highest BCUT2D eigenvalue weighted by molar-refractivity contribution is 5.69. The molecule has 0 aromatic carbocycles. The summed E-state index contributed by atoms with van der Waals surface area (Å²) in [5.74, 6) is -3.69. The van der Waals surface area contributed by atoms with Crippen molar-refractivity contribution >= 4 is 5.97 Å². The lowest BCUT2D eigenvalue weighted by Crippen LogP contribution is -2.14. The Morgan fingerprint density at radius 2 is 2.33 bits per heavy atom. The second kappa shape index (κ2) is 4.37. The fraction of sp³-hybridized carbons (Fsp3) is 0.556. The number of aryl methyl sites for hydroxylation is 1. The molecule has 0 aliphatic heterocycles. The van der Waals surface area contributed by atoms with Gasteiger partial charge >= 0.3 is 5.97 Å². The number of aromatic nitrogens is 2. The summed E-state index contributed by atoms with van der Waals surface area (Å²) in [5, 5.41) is 12.3. The number of carbonyl (C=O) groups is 1. The molecule has 0 saturated carbocycles. The second-order valence-electron chi connectivity index (χ2n) is 3.50. The van der Waals surface area contributed by atoms with Crippen molar-refractivity contribution in [1.82, 2.24) is 9.78 Å². The van der Waals surface area contributed by atoms with Gasteiger partial charge in [-0.05, 0) is 6.92 Å². The number of rotatable bonds is 5. The monoisotopic (exact) mass is 218 g/mol. The number of hydrogen-bond acceptors (Lipinski definition) is 2. The number of carboxylic acid groups (broad SMARTS) is 1. The Hall–Kier alpha value is -1.46. The van der Waals surface area contributed by atoms with E-state index in [1.807, 2.05) is 0 Å². The minimum absolute atomic E-state index is 0.0864. The molecule has 1 aromatic heterocycles. The van der Waals surface area contributed by atoms with Crippen LogP contribution >= 0.6 is 0 Å². The molecular weight excluding hydrogens is 206 g/mol. The molecule has 0 radical (unpaired) electrons. The highest BCUT2D eigenvalue weighted by Gasteiger charge is 2.20. The Balaban J connectivity index is 2.50. The van der Waals surface area contributed by atoms with E-state index in [4.69, 9.17) is 5.11 Å². The molecule has 84 valence electrons. The molecule has 0 spiro atoms. The topological polar surface area (TPSA) is 55.1 Å². The molecule has 0 amide bonds. The van der Waals surface area contributed by atoms with Crippen LogP contribution in [-0.4, -0.2) is 26.8 Å². The van der Waals surface area contributed by atoms with Crippen LogP contribution in [0.25, 0.3) is 0 Å². The summed E-state index contributed by atoms with van der Waals surface area (Å²) >= 11 is 0.